The van der Waals surface area contributed by atoms with Crippen LogP contribution in [0, 0.1) is 0 Å². The molecule has 2 heterocycles. The van der Waals surface area contributed by atoms with Crippen LogP contribution >= 0.6 is 11.3 Å². The molecule has 0 aliphatic heterocycles. The SMILES string of the molecule is CC[C@H](C(=O)OC)N(C(=O)c1csc(-c2ccccn2)n1)c1ccccc1. The molecular weight excluding hydrogens is 362 g/mol. The normalized spacial score (nSPS) is 11.6. The van der Waals surface area contributed by atoms with Crippen molar-refractivity contribution in [1.82, 2.24) is 9.97 Å². The molecule has 0 saturated carbocycles. The van der Waals surface area contributed by atoms with E-state index in [4.69, 9.17) is 4.74 Å². The summed E-state index contributed by atoms with van der Waals surface area (Å²) in [5.74, 6) is -0.813. The van der Waals surface area contributed by atoms with Crippen molar-refractivity contribution in [1.29, 1.82) is 0 Å². The highest BCUT2D eigenvalue weighted by molar-refractivity contribution is 7.13. The van der Waals surface area contributed by atoms with Gasteiger partial charge in [-0.3, -0.25) is 14.7 Å². The van der Waals surface area contributed by atoms with Gasteiger partial charge >= 0.3 is 5.97 Å². The van der Waals surface area contributed by atoms with Crippen molar-refractivity contribution in [2.45, 2.75) is 19.4 Å². The average Bonchev–Trinajstić information content (AvgIpc) is 3.22. The summed E-state index contributed by atoms with van der Waals surface area (Å²) in [4.78, 5) is 35.7. The number of benzene rings is 1. The van der Waals surface area contributed by atoms with Crippen LogP contribution in [-0.4, -0.2) is 35.0 Å². The average molecular weight is 381 g/mol. The molecule has 138 valence electrons. The van der Waals surface area contributed by atoms with E-state index in [0.717, 1.165) is 0 Å². The van der Waals surface area contributed by atoms with Gasteiger partial charge in [0.2, 0.25) is 0 Å². The van der Waals surface area contributed by atoms with E-state index in [1.807, 2.05) is 43.3 Å². The Labute approximate surface area is 161 Å². The van der Waals surface area contributed by atoms with Gasteiger partial charge in [0.05, 0.1) is 12.8 Å². The second kappa shape index (κ2) is 8.55. The van der Waals surface area contributed by atoms with Gasteiger partial charge in [0.25, 0.3) is 5.91 Å². The van der Waals surface area contributed by atoms with Crippen molar-refractivity contribution >= 4 is 28.9 Å². The van der Waals surface area contributed by atoms with E-state index < -0.39 is 12.0 Å². The van der Waals surface area contributed by atoms with Crippen LogP contribution < -0.4 is 4.90 Å². The van der Waals surface area contributed by atoms with Gasteiger partial charge < -0.3 is 4.74 Å². The number of esters is 1. The van der Waals surface area contributed by atoms with Crippen molar-refractivity contribution in [3.63, 3.8) is 0 Å². The molecule has 27 heavy (non-hydrogen) atoms. The molecule has 0 fully saturated rings. The highest BCUT2D eigenvalue weighted by Gasteiger charge is 2.32. The fraction of sp³-hybridized carbons (Fsp3) is 0.200. The summed E-state index contributed by atoms with van der Waals surface area (Å²) in [5, 5.41) is 2.34. The zero-order valence-corrected chi connectivity index (χ0v) is 15.8. The van der Waals surface area contributed by atoms with Crippen LogP contribution in [-0.2, 0) is 9.53 Å². The summed E-state index contributed by atoms with van der Waals surface area (Å²) in [6, 6.07) is 13.9. The van der Waals surface area contributed by atoms with Crippen LogP contribution in [0.25, 0.3) is 10.7 Å². The second-order valence-electron chi connectivity index (χ2n) is 5.71. The zero-order valence-electron chi connectivity index (χ0n) is 15.0. The topological polar surface area (TPSA) is 72.4 Å². The molecule has 2 aromatic heterocycles. The first kappa shape index (κ1) is 18.7. The maximum absolute atomic E-state index is 13.3. The van der Waals surface area contributed by atoms with Gasteiger partial charge in [0.15, 0.2) is 0 Å². The minimum Gasteiger partial charge on any atom is -0.467 e. The van der Waals surface area contributed by atoms with E-state index >= 15 is 0 Å². The monoisotopic (exact) mass is 381 g/mol. The van der Waals surface area contributed by atoms with Crippen LogP contribution in [0.2, 0.25) is 0 Å². The first-order valence-electron chi connectivity index (χ1n) is 8.49. The Kier molecular flexibility index (Phi) is 5.93. The number of nitrogens with zero attached hydrogens (tertiary/aromatic N) is 3. The van der Waals surface area contributed by atoms with Crippen molar-refractivity contribution in [2.24, 2.45) is 0 Å². The summed E-state index contributed by atoms with van der Waals surface area (Å²) >= 11 is 1.34. The quantitative estimate of drug-likeness (QED) is 0.607. The van der Waals surface area contributed by atoms with Crippen LogP contribution in [0.5, 0.6) is 0 Å². The second-order valence-corrected chi connectivity index (χ2v) is 6.57. The minimum absolute atomic E-state index is 0.270. The van der Waals surface area contributed by atoms with Crippen LogP contribution in [0.4, 0.5) is 5.69 Å². The number of pyridine rings is 1. The number of amides is 1. The number of para-hydroxylation sites is 1. The smallest absolute Gasteiger partial charge is 0.328 e. The molecule has 0 unspecified atom stereocenters. The van der Waals surface area contributed by atoms with Crippen molar-refractivity contribution in [3.05, 3.63) is 65.8 Å². The summed E-state index contributed by atoms with van der Waals surface area (Å²) in [5.41, 5.74) is 1.59. The highest BCUT2D eigenvalue weighted by atomic mass is 32.1. The van der Waals surface area contributed by atoms with Gasteiger partial charge in [0, 0.05) is 17.3 Å². The molecule has 1 amide bonds. The number of hydrogen-bond acceptors (Lipinski definition) is 6. The van der Waals surface area contributed by atoms with Crippen LogP contribution in [0.3, 0.4) is 0 Å². The van der Waals surface area contributed by atoms with Crippen LogP contribution in [0.15, 0.2) is 60.1 Å². The van der Waals surface area contributed by atoms with Crippen molar-refractivity contribution in [2.75, 3.05) is 12.0 Å². The molecule has 0 radical (unpaired) electrons. The number of anilines is 1. The van der Waals surface area contributed by atoms with E-state index in [-0.39, 0.29) is 11.6 Å². The minimum atomic E-state index is -0.732. The Balaban J connectivity index is 1.98. The Hall–Kier alpha value is -3.06. The number of carbonyl (C=O) groups excluding carboxylic acids is 2. The molecule has 3 aromatic rings. The number of rotatable bonds is 6. The molecule has 0 aliphatic rings. The van der Waals surface area contributed by atoms with Crippen molar-refractivity contribution < 1.29 is 14.3 Å². The number of hydrogen-bond donors (Lipinski definition) is 0. The first-order valence-corrected chi connectivity index (χ1v) is 9.37. The maximum Gasteiger partial charge on any atom is 0.328 e. The third kappa shape index (κ3) is 4.03. The number of aromatic nitrogens is 2. The Morgan fingerprint density at radius 3 is 2.52 bits per heavy atom. The molecule has 1 atom stereocenters. The maximum atomic E-state index is 13.3. The summed E-state index contributed by atoms with van der Waals surface area (Å²) in [6.45, 7) is 1.84. The fourth-order valence-electron chi connectivity index (χ4n) is 2.72. The Morgan fingerprint density at radius 1 is 1.15 bits per heavy atom. The van der Waals surface area contributed by atoms with Crippen molar-refractivity contribution in [3.8, 4) is 10.7 Å². The van der Waals surface area contributed by atoms with Gasteiger partial charge in [-0.25, -0.2) is 9.78 Å². The third-order valence-corrected chi connectivity index (χ3v) is 4.90. The van der Waals surface area contributed by atoms with E-state index in [1.165, 1.54) is 23.3 Å². The molecule has 0 aliphatic carbocycles. The van der Waals surface area contributed by atoms with Gasteiger partial charge in [-0.15, -0.1) is 11.3 Å². The summed E-state index contributed by atoms with van der Waals surface area (Å²) in [7, 11) is 1.32. The van der Waals surface area contributed by atoms with E-state index in [1.54, 1.807) is 23.7 Å². The predicted molar refractivity (Wildman–Crippen MR) is 105 cm³/mol. The molecule has 0 N–H and O–H groups in total. The Morgan fingerprint density at radius 2 is 1.89 bits per heavy atom. The van der Waals surface area contributed by atoms with E-state index in [0.29, 0.717) is 22.8 Å². The van der Waals surface area contributed by atoms with Crippen LogP contribution in [0.1, 0.15) is 23.8 Å². The lowest BCUT2D eigenvalue weighted by Gasteiger charge is -2.28. The predicted octanol–water partition coefficient (Wildman–Crippen LogP) is 3.80. The molecule has 0 bridgehead atoms. The summed E-state index contributed by atoms with van der Waals surface area (Å²) < 4.78 is 4.91. The number of ether oxygens (including phenoxy) is 1. The molecule has 1 aromatic carbocycles. The molecule has 3 rings (SSSR count). The number of thiazole rings is 1. The molecule has 7 heteroatoms. The fourth-order valence-corrected chi connectivity index (χ4v) is 3.49. The standard InChI is InChI=1S/C20H19N3O3S/c1-3-17(20(25)26-2)23(14-9-5-4-6-10-14)19(24)16-13-27-18(22-16)15-11-7-8-12-21-15/h4-13,17H,3H2,1-2H3/t17-/m1/s1. The number of methoxy groups -OCH3 is 1. The molecule has 6 nitrogen and oxygen atoms in total. The Bertz CT molecular complexity index is 912. The van der Waals surface area contributed by atoms with Gasteiger partial charge in [-0.2, -0.15) is 0 Å². The van der Waals surface area contributed by atoms with E-state index in [2.05, 4.69) is 9.97 Å². The molecule has 0 spiro atoms. The lowest BCUT2D eigenvalue weighted by atomic mass is 10.1. The summed E-state index contributed by atoms with van der Waals surface area (Å²) in [6.07, 6.45) is 2.10. The van der Waals surface area contributed by atoms with Gasteiger partial charge in [0.1, 0.15) is 16.7 Å². The highest BCUT2D eigenvalue weighted by Crippen LogP contribution is 2.26. The largest absolute Gasteiger partial charge is 0.467 e. The van der Waals surface area contributed by atoms with Gasteiger partial charge in [-0.1, -0.05) is 31.2 Å². The van der Waals surface area contributed by atoms with E-state index in [9.17, 15) is 9.59 Å². The number of carbonyl (C=O) groups is 2. The lowest BCUT2D eigenvalue weighted by molar-refractivity contribution is -0.142. The zero-order chi connectivity index (χ0) is 19.2. The lowest BCUT2D eigenvalue weighted by Crippen LogP contribution is -2.45. The first-order chi connectivity index (χ1) is 13.2. The molecule has 0 saturated heterocycles. The van der Waals surface area contributed by atoms with Gasteiger partial charge in [-0.05, 0) is 30.7 Å². The third-order valence-electron chi connectivity index (χ3n) is 4.03. The molecular formula is C20H19N3O3S.